The summed E-state index contributed by atoms with van der Waals surface area (Å²) in [5, 5.41) is 2.63. The molecule has 0 saturated carbocycles. The van der Waals surface area contributed by atoms with Gasteiger partial charge in [0, 0.05) is 21.6 Å². The van der Waals surface area contributed by atoms with E-state index in [2.05, 4.69) is 19.2 Å². The molecule has 0 saturated heterocycles. The van der Waals surface area contributed by atoms with Gasteiger partial charge in [-0.3, -0.25) is 9.00 Å². The maximum absolute atomic E-state index is 12.0. The normalized spacial score (nSPS) is 14.1. The van der Waals surface area contributed by atoms with Crippen LogP contribution < -0.4 is 11.1 Å². The first-order chi connectivity index (χ1) is 9.31. The monoisotopic (exact) mass is 316 g/mol. The second-order valence-electron chi connectivity index (χ2n) is 5.13. The van der Waals surface area contributed by atoms with Gasteiger partial charge in [-0.15, -0.1) is 0 Å². The SMILES string of the molecule is CC(C)CCS(=O)C(C)C(=O)Nc1ccc(Cl)cc1N. The third-order valence-electron chi connectivity index (χ3n) is 2.93. The fraction of sp³-hybridized carbons (Fsp3) is 0.500. The van der Waals surface area contributed by atoms with E-state index < -0.39 is 16.0 Å². The highest BCUT2D eigenvalue weighted by Crippen LogP contribution is 2.23. The van der Waals surface area contributed by atoms with E-state index in [-0.39, 0.29) is 5.91 Å². The highest BCUT2D eigenvalue weighted by Gasteiger charge is 2.20. The first-order valence-corrected chi connectivity index (χ1v) is 8.30. The van der Waals surface area contributed by atoms with Crippen molar-refractivity contribution in [3.8, 4) is 0 Å². The molecule has 4 nitrogen and oxygen atoms in total. The molecule has 0 aliphatic rings. The summed E-state index contributed by atoms with van der Waals surface area (Å²) in [6.45, 7) is 5.80. The van der Waals surface area contributed by atoms with Gasteiger partial charge >= 0.3 is 0 Å². The Balaban J connectivity index is 2.63. The quantitative estimate of drug-likeness (QED) is 0.792. The van der Waals surface area contributed by atoms with Crippen LogP contribution in [0.4, 0.5) is 11.4 Å². The number of hydrogen-bond acceptors (Lipinski definition) is 3. The zero-order valence-electron chi connectivity index (χ0n) is 12.0. The largest absolute Gasteiger partial charge is 0.397 e. The number of carbonyl (C=O) groups is 1. The summed E-state index contributed by atoms with van der Waals surface area (Å²) in [7, 11) is -1.18. The third kappa shape index (κ3) is 5.13. The standard InChI is InChI=1S/C14H21ClN2O2S/c1-9(2)6-7-20(19)10(3)14(18)17-13-5-4-11(15)8-12(13)16/h4-5,8-10H,6-7,16H2,1-3H3,(H,17,18). The first-order valence-electron chi connectivity index (χ1n) is 6.54. The lowest BCUT2D eigenvalue weighted by atomic mass is 10.2. The zero-order chi connectivity index (χ0) is 15.3. The van der Waals surface area contributed by atoms with E-state index in [0.29, 0.717) is 28.1 Å². The number of anilines is 2. The van der Waals surface area contributed by atoms with Crippen molar-refractivity contribution in [2.24, 2.45) is 5.92 Å². The molecule has 2 atom stereocenters. The molecule has 0 aliphatic carbocycles. The van der Waals surface area contributed by atoms with Crippen LogP contribution >= 0.6 is 11.6 Å². The minimum absolute atomic E-state index is 0.291. The molecule has 0 bridgehead atoms. The molecule has 0 spiro atoms. The molecule has 2 unspecified atom stereocenters. The summed E-state index contributed by atoms with van der Waals surface area (Å²) in [6.07, 6.45) is 0.841. The number of benzene rings is 1. The summed E-state index contributed by atoms with van der Waals surface area (Å²) >= 11 is 5.80. The van der Waals surface area contributed by atoms with E-state index in [1.54, 1.807) is 25.1 Å². The van der Waals surface area contributed by atoms with Crippen molar-refractivity contribution in [2.45, 2.75) is 32.4 Å². The van der Waals surface area contributed by atoms with Gasteiger partial charge in [0.25, 0.3) is 0 Å². The summed E-state index contributed by atoms with van der Waals surface area (Å²) < 4.78 is 12.0. The lowest BCUT2D eigenvalue weighted by Gasteiger charge is -2.14. The molecule has 0 aromatic heterocycles. The molecule has 1 rings (SSSR count). The highest BCUT2D eigenvalue weighted by atomic mass is 35.5. The van der Waals surface area contributed by atoms with Crippen molar-refractivity contribution < 1.29 is 9.00 Å². The summed E-state index contributed by atoms with van der Waals surface area (Å²) in [6, 6.07) is 4.85. The second kappa shape index (κ2) is 7.64. The minimum Gasteiger partial charge on any atom is -0.397 e. The molecule has 0 radical (unpaired) electrons. The zero-order valence-corrected chi connectivity index (χ0v) is 13.6. The van der Waals surface area contributed by atoms with Crippen molar-refractivity contribution >= 4 is 39.7 Å². The molecule has 112 valence electrons. The van der Waals surface area contributed by atoms with Crippen molar-refractivity contribution in [2.75, 3.05) is 16.8 Å². The molecule has 6 heteroatoms. The van der Waals surface area contributed by atoms with Crippen LogP contribution in [0.3, 0.4) is 0 Å². The molecule has 0 aliphatic heterocycles. The average Bonchev–Trinajstić information content (AvgIpc) is 2.38. The van der Waals surface area contributed by atoms with Crippen molar-refractivity contribution in [3.63, 3.8) is 0 Å². The second-order valence-corrected chi connectivity index (χ2v) is 7.44. The molecule has 0 fully saturated rings. The number of carbonyl (C=O) groups excluding carboxylic acids is 1. The van der Waals surface area contributed by atoms with Gasteiger partial charge in [-0.2, -0.15) is 0 Å². The van der Waals surface area contributed by atoms with E-state index in [9.17, 15) is 9.00 Å². The van der Waals surface area contributed by atoms with Crippen molar-refractivity contribution in [1.82, 2.24) is 0 Å². The van der Waals surface area contributed by atoms with Gasteiger partial charge in [0.1, 0.15) is 5.25 Å². The topological polar surface area (TPSA) is 72.2 Å². The van der Waals surface area contributed by atoms with Gasteiger partial charge in [0.15, 0.2) is 0 Å². The number of hydrogen-bond donors (Lipinski definition) is 2. The van der Waals surface area contributed by atoms with Gasteiger partial charge in [-0.1, -0.05) is 25.4 Å². The molecule has 3 N–H and O–H groups in total. The van der Waals surface area contributed by atoms with Gasteiger partial charge < -0.3 is 11.1 Å². The Bertz CT molecular complexity index is 506. The van der Waals surface area contributed by atoms with Crippen molar-refractivity contribution in [1.29, 1.82) is 0 Å². The van der Waals surface area contributed by atoms with Crippen LogP contribution in [0.2, 0.25) is 5.02 Å². The van der Waals surface area contributed by atoms with E-state index in [1.165, 1.54) is 0 Å². The van der Waals surface area contributed by atoms with E-state index in [1.807, 2.05) is 0 Å². The predicted octanol–water partition coefficient (Wildman–Crippen LogP) is 3.04. The molecule has 20 heavy (non-hydrogen) atoms. The molecule has 1 aromatic rings. The lowest BCUT2D eigenvalue weighted by Crippen LogP contribution is -2.30. The smallest absolute Gasteiger partial charge is 0.239 e. The van der Waals surface area contributed by atoms with E-state index in [0.717, 1.165) is 6.42 Å². The number of amides is 1. The van der Waals surface area contributed by atoms with Gasteiger partial charge in [-0.05, 0) is 37.5 Å². The molecule has 1 amide bonds. The average molecular weight is 317 g/mol. The van der Waals surface area contributed by atoms with Gasteiger partial charge in [-0.25, -0.2) is 0 Å². The Kier molecular flexibility index (Phi) is 6.49. The number of nitrogen functional groups attached to an aromatic ring is 1. The number of nitrogens with one attached hydrogen (secondary N) is 1. The molecule has 1 aromatic carbocycles. The van der Waals surface area contributed by atoms with Crippen molar-refractivity contribution in [3.05, 3.63) is 23.2 Å². The van der Waals surface area contributed by atoms with Crippen LogP contribution in [-0.4, -0.2) is 21.1 Å². The predicted molar refractivity (Wildman–Crippen MR) is 86.4 cm³/mol. The fourth-order valence-electron chi connectivity index (χ4n) is 1.53. The van der Waals surface area contributed by atoms with Gasteiger partial charge in [0.05, 0.1) is 11.4 Å². The van der Waals surface area contributed by atoms with Crippen LogP contribution in [0.1, 0.15) is 27.2 Å². The lowest BCUT2D eigenvalue weighted by molar-refractivity contribution is -0.115. The Morgan fingerprint density at radius 3 is 2.60 bits per heavy atom. The number of nitrogens with two attached hydrogens (primary N) is 1. The van der Waals surface area contributed by atoms with Crippen LogP contribution in [-0.2, 0) is 15.6 Å². The van der Waals surface area contributed by atoms with Crippen LogP contribution in [0.15, 0.2) is 18.2 Å². The van der Waals surface area contributed by atoms with Crippen LogP contribution in [0.25, 0.3) is 0 Å². The maximum Gasteiger partial charge on any atom is 0.239 e. The number of halogens is 1. The summed E-state index contributed by atoms with van der Waals surface area (Å²) in [4.78, 5) is 12.0. The van der Waals surface area contributed by atoms with Crippen LogP contribution in [0, 0.1) is 5.92 Å². The van der Waals surface area contributed by atoms with Crippen LogP contribution in [0.5, 0.6) is 0 Å². The van der Waals surface area contributed by atoms with E-state index in [4.69, 9.17) is 17.3 Å². The molecule has 0 heterocycles. The van der Waals surface area contributed by atoms with Gasteiger partial charge in [0.2, 0.25) is 5.91 Å². The Hall–Kier alpha value is -1.07. The Labute approximate surface area is 127 Å². The third-order valence-corrected chi connectivity index (χ3v) is 4.81. The first kappa shape index (κ1) is 17.0. The fourth-order valence-corrected chi connectivity index (χ4v) is 3.07. The Morgan fingerprint density at radius 2 is 2.05 bits per heavy atom. The summed E-state index contributed by atoms with van der Waals surface area (Å²) in [5.74, 6) is 0.713. The summed E-state index contributed by atoms with van der Waals surface area (Å²) in [5.41, 5.74) is 6.66. The number of rotatable bonds is 6. The highest BCUT2D eigenvalue weighted by molar-refractivity contribution is 7.86. The minimum atomic E-state index is -1.18. The maximum atomic E-state index is 12.0. The van der Waals surface area contributed by atoms with E-state index >= 15 is 0 Å². The molecular weight excluding hydrogens is 296 g/mol. The Morgan fingerprint density at radius 1 is 1.40 bits per heavy atom. The molecular formula is C14H21ClN2O2S.